The molecular weight excluding hydrogens is 382 g/mol. The molecule has 1 amide bonds. The van der Waals surface area contributed by atoms with Crippen LogP contribution in [0.3, 0.4) is 0 Å². The van der Waals surface area contributed by atoms with Crippen LogP contribution in [0.2, 0.25) is 0 Å². The van der Waals surface area contributed by atoms with Crippen LogP contribution in [0.15, 0.2) is 35.6 Å². The molecule has 1 aromatic carbocycles. The quantitative estimate of drug-likeness (QED) is 0.568. The van der Waals surface area contributed by atoms with Gasteiger partial charge in [0.05, 0.1) is 6.54 Å². The largest absolute Gasteiger partial charge is 0.368 e. The second-order valence-corrected chi connectivity index (χ2v) is 7.52. The first-order valence-electron chi connectivity index (χ1n) is 10.6. The molecule has 2 aromatic rings. The van der Waals surface area contributed by atoms with E-state index in [2.05, 4.69) is 44.5 Å². The molecule has 0 aliphatic carbocycles. The van der Waals surface area contributed by atoms with Crippen LogP contribution in [0.4, 0.5) is 0 Å². The molecule has 0 spiro atoms. The van der Waals surface area contributed by atoms with Crippen molar-refractivity contribution in [2.45, 2.75) is 32.4 Å². The molecule has 9 nitrogen and oxygen atoms in total. The molecule has 2 fully saturated rings. The number of carbonyl (C=O) groups is 1. The van der Waals surface area contributed by atoms with Gasteiger partial charge < -0.3 is 19.9 Å². The maximum atomic E-state index is 12.6. The average Bonchev–Trinajstić information content (AvgIpc) is 3.51. The first-order valence-corrected chi connectivity index (χ1v) is 10.6. The standard InChI is InChI=1S/C21H29N7O2/c1-2-22-21(23-14-16-5-3-6-17(13-16)19-24-15-25-26-19)28-10-8-27(9-11-28)20(29)18-7-4-12-30-18/h3,5-6,13,15,18H,2,4,7-12,14H2,1H3,(H,22,23)(H,24,25,26). The van der Waals surface area contributed by atoms with Crippen molar-refractivity contribution in [1.82, 2.24) is 30.3 Å². The van der Waals surface area contributed by atoms with Gasteiger partial charge in [0.25, 0.3) is 5.91 Å². The number of aliphatic imine (C=N–C) groups is 1. The Balaban J connectivity index is 1.37. The molecule has 0 radical (unpaired) electrons. The van der Waals surface area contributed by atoms with Crippen LogP contribution in [-0.2, 0) is 16.1 Å². The Kier molecular flexibility index (Phi) is 6.58. The first-order chi connectivity index (χ1) is 14.7. The van der Waals surface area contributed by atoms with E-state index < -0.39 is 0 Å². The van der Waals surface area contributed by atoms with Crippen molar-refractivity contribution in [2.24, 2.45) is 4.99 Å². The normalized spacial score (nSPS) is 19.9. The van der Waals surface area contributed by atoms with Crippen LogP contribution in [0.5, 0.6) is 0 Å². The van der Waals surface area contributed by atoms with Gasteiger partial charge in [-0.3, -0.25) is 9.89 Å². The molecule has 3 heterocycles. The number of rotatable bonds is 5. The van der Waals surface area contributed by atoms with Crippen molar-refractivity contribution < 1.29 is 9.53 Å². The molecule has 0 saturated carbocycles. The summed E-state index contributed by atoms with van der Waals surface area (Å²) in [4.78, 5) is 25.8. The Labute approximate surface area is 176 Å². The maximum Gasteiger partial charge on any atom is 0.251 e. The second-order valence-electron chi connectivity index (χ2n) is 7.52. The molecule has 2 aliphatic rings. The molecular formula is C21H29N7O2. The zero-order chi connectivity index (χ0) is 20.8. The average molecular weight is 412 g/mol. The number of guanidine groups is 1. The Morgan fingerprint density at radius 2 is 2.13 bits per heavy atom. The van der Waals surface area contributed by atoms with Gasteiger partial charge in [-0.15, -0.1) is 0 Å². The van der Waals surface area contributed by atoms with Crippen LogP contribution in [0.1, 0.15) is 25.3 Å². The minimum absolute atomic E-state index is 0.137. The number of nitrogens with one attached hydrogen (secondary N) is 2. The fraction of sp³-hybridized carbons (Fsp3) is 0.524. The summed E-state index contributed by atoms with van der Waals surface area (Å²) >= 11 is 0. The summed E-state index contributed by atoms with van der Waals surface area (Å²) in [6.45, 7) is 7.06. The van der Waals surface area contributed by atoms with E-state index in [1.54, 1.807) is 0 Å². The Morgan fingerprint density at radius 1 is 1.30 bits per heavy atom. The van der Waals surface area contributed by atoms with Gasteiger partial charge in [-0.1, -0.05) is 18.2 Å². The Bertz CT molecular complexity index is 854. The van der Waals surface area contributed by atoms with E-state index in [-0.39, 0.29) is 12.0 Å². The second kappa shape index (κ2) is 9.71. The highest BCUT2D eigenvalue weighted by atomic mass is 16.5. The number of ether oxygens (including phenoxy) is 1. The van der Waals surface area contributed by atoms with E-state index in [1.807, 2.05) is 17.0 Å². The summed E-state index contributed by atoms with van der Waals surface area (Å²) in [7, 11) is 0. The van der Waals surface area contributed by atoms with Crippen LogP contribution < -0.4 is 5.32 Å². The van der Waals surface area contributed by atoms with E-state index in [0.29, 0.717) is 26.2 Å². The highest BCUT2D eigenvalue weighted by molar-refractivity contribution is 5.83. The zero-order valence-electron chi connectivity index (χ0n) is 17.4. The van der Waals surface area contributed by atoms with Gasteiger partial charge in [0.15, 0.2) is 11.8 Å². The number of hydrogen-bond acceptors (Lipinski definition) is 5. The number of carbonyl (C=O) groups excluding carboxylic acids is 1. The van der Waals surface area contributed by atoms with Crippen LogP contribution >= 0.6 is 0 Å². The van der Waals surface area contributed by atoms with E-state index >= 15 is 0 Å². The third-order valence-corrected chi connectivity index (χ3v) is 5.46. The third-order valence-electron chi connectivity index (χ3n) is 5.46. The summed E-state index contributed by atoms with van der Waals surface area (Å²) in [5, 5.41) is 10.2. The molecule has 2 N–H and O–H groups in total. The highest BCUT2D eigenvalue weighted by Gasteiger charge is 2.30. The van der Waals surface area contributed by atoms with Gasteiger partial charge in [0.2, 0.25) is 0 Å². The van der Waals surface area contributed by atoms with E-state index in [1.165, 1.54) is 6.33 Å². The summed E-state index contributed by atoms with van der Waals surface area (Å²) in [5.41, 5.74) is 2.10. The Hall–Kier alpha value is -2.94. The fourth-order valence-corrected chi connectivity index (χ4v) is 3.87. The number of aromatic nitrogens is 3. The number of aromatic amines is 1. The molecule has 160 valence electrons. The molecule has 1 atom stereocenters. The molecule has 1 aromatic heterocycles. The summed E-state index contributed by atoms with van der Waals surface area (Å²) < 4.78 is 5.55. The van der Waals surface area contributed by atoms with Crippen molar-refractivity contribution in [3.63, 3.8) is 0 Å². The lowest BCUT2D eigenvalue weighted by Crippen LogP contribution is -2.55. The van der Waals surface area contributed by atoms with Crippen LogP contribution in [0, 0.1) is 0 Å². The van der Waals surface area contributed by atoms with E-state index in [4.69, 9.17) is 9.73 Å². The van der Waals surface area contributed by atoms with Gasteiger partial charge in [-0.05, 0) is 31.4 Å². The van der Waals surface area contributed by atoms with Gasteiger partial charge in [0, 0.05) is 44.9 Å². The monoisotopic (exact) mass is 411 g/mol. The lowest BCUT2D eigenvalue weighted by molar-refractivity contribution is -0.142. The van der Waals surface area contributed by atoms with Crippen LogP contribution in [-0.4, -0.2) is 82.3 Å². The fourth-order valence-electron chi connectivity index (χ4n) is 3.87. The SMILES string of the molecule is CCNC(=NCc1cccc(-c2ncn[nH]2)c1)N1CCN(C(=O)C2CCCO2)CC1. The molecule has 9 heteroatoms. The predicted octanol–water partition coefficient (Wildman–Crippen LogP) is 1.26. The first kappa shape index (κ1) is 20.3. The number of hydrogen-bond donors (Lipinski definition) is 2. The predicted molar refractivity (Wildman–Crippen MR) is 114 cm³/mol. The van der Waals surface area contributed by atoms with E-state index in [9.17, 15) is 4.79 Å². The lowest BCUT2D eigenvalue weighted by atomic mass is 10.1. The van der Waals surface area contributed by atoms with Gasteiger partial charge in [0.1, 0.15) is 12.4 Å². The number of benzene rings is 1. The lowest BCUT2D eigenvalue weighted by Gasteiger charge is -2.37. The van der Waals surface area contributed by atoms with Gasteiger partial charge in [-0.25, -0.2) is 9.98 Å². The van der Waals surface area contributed by atoms with Gasteiger partial charge in [-0.2, -0.15) is 5.10 Å². The van der Waals surface area contributed by atoms with Crippen molar-refractivity contribution in [3.8, 4) is 11.4 Å². The van der Waals surface area contributed by atoms with Crippen molar-refractivity contribution in [2.75, 3.05) is 39.3 Å². The van der Waals surface area contributed by atoms with Crippen molar-refractivity contribution >= 4 is 11.9 Å². The molecule has 4 rings (SSSR count). The smallest absolute Gasteiger partial charge is 0.251 e. The van der Waals surface area contributed by atoms with Crippen LogP contribution in [0.25, 0.3) is 11.4 Å². The topological polar surface area (TPSA) is 98.7 Å². The Morgan fingerprint density at radius 3 is 2.83 bits per heavy atom. The third kappa shape index (κ3) is 4.79. The maximum absolute atomic E-state index is 12.6. The minimum Gasteiger partial charge on any atom is -0.368 e. The molecule has 1 unspecified atom stereocenters. The van der Waals surface area contributed by atoms with Crippen molar-refractivity contribution in [3.05, 3.63) is 36.2 Å². The summed E-state index contributed by atoms with van der Waals surface area (Å²) in [6.07, 6.45) is 3.09. The van der Waals surface area contributed by atoms with E-state index in [0.717, 1.165) is 55.4 Å². The highest BCUT2D eigenvalue weighted by Crippen LogP contribution is 2.17. The number of piperazine rings is 1. The molecule has 0 bridgehead atoms. The summed E-state index contributed by atoms with van der Waals surface area (Å²) in [6, 6.07) is 8.14. The zero-order valence-corrected chi connectivity index (χ0v) is 17.4. The minimum atomic E-state index is -0.241. The molecule has 2 aliphatic heterocycles. The van der Waals surface area contributed by atoms with Gasteiger partial charge >= 0.3 is 0 Å². The van der Waals surface area contributed by atoms with Crippen molar-refractivity contribution in [1.29, 1.82) is 0 Å². The molecule has 30 heavy (non-hydrogen) atoms. The molecule has 2 saturated heterocycles. The summed E-state index contributed by atoms with van der Waals surface area (Å²) in [5.74, 6) is 1.77. The number of amides is 1. The number of H-pyrrole nitrogens is 1. The number of nitrogens with zero attached hydrogens (tertiary/aromatic N) is 5.